The third-order valence-electron chi connectivity index (χ3n) is 7.20. The van der Waals surface area contributed by atoms with Crippen LogP contribution in [0.15, 0.2) is 48.8 Å². The summed E-state index contributed by atoms with van der Waals surface area (Å²) in [5, 5.41) is 3.18. The van der Waals surface area contributed by atoms with Crippen LogP contribution in [0.25, 0.3) is 5.65 Å². The van der Waals surface area contributed by atoms with Gasteiger partial charge in [-0.25, -0.2) is 4.98 Å². The Labute approximate surface area is 204 Å². The zero-order valence-electron chi connectivity index (χ0n) is 21.1. The standard InChI is InChI=1S/C28H39N5O/c1-21-9-7-18-33-26(20-30-28(21)33)25(23-11-13-24(14-12-23)31(3)4)19-27(34)29-15-8-17-32-16-6-5-10-22(32)2/h7,9,11-14,18,20,22,25H,5-6,8,10,15-17,19H2,1-4H3,(H,29,34). The summed E-state index contributed by atoms with van der Waals surface area (Å²) in [6, 6.07) is 13.3. The first-order chi connectivity index (χ1) is 16.4. The van der Waals surface area contributed by atoms with Gasteiger partial charge in [-0.05, 0) is 69.0 Å². The van der Waals surface area contributed by atoms with Crippen LogP contribution in [0.1, 0.15) is 61.8 Å². The maximum absolute atomic E-state index is 13.1. The predicted molar refractivity (Wildman–Crippen MR) is 140 cm³/mol. The molecular weight excluding hydrogens is 422 g/mol. The number of piperidine rings is 1. The number of nitrogens with one attached hydrogen (secondary N) is 1. The van der Waals surface area contributed by atoms with Crippen LogP contribution >= 0.6 is 0 Å². The van der Waals surface area contributed by atoms with Crippen molar-refractivity contribution in [2.75, 3.05) is 38.6 Å². The average Bonchev–Trinajstić information content (AvgIpc) is 3.27. The van der Waals surface area contributed by atoms with Crippen LogP contribution in [0.4, 0.5) is 5.69 Å². The molecule has 3 heterocycles. The molecule has 6 heteroatoms. The second-order valence-corrected chi connectivity index (χ2v) is 9.89. The van der Waals surface area contributed by atoms with E-state index in [1.54, 1.807) is 0 Å². The molecule has 2 unspecified atom stereocenters. The van der Waals surface area contributed by atoms with Gasteiger partial charge in [0.25, 0.3) is 0 Å². The number of hydrogen-bond donors (Lipinski definition) is 1. The van der Waals surface area contributed by atoms with Gasteiger partial charge in [0.15, 0.2) is 0 Å². The highest BCUT2D eigenvalue weighted by molar-refractivity contribution is 5.77. The van der Waals surface area contributed by atoms with Crippen molar-refractivity contribution in [2.45, 2.75) is 57.9 Å². The van der Waals surface area contributed by atoms with Gasteiger partial charge in [-0.15, -0.1) is 0 Å². The third kappa shape index (κ3) is 5.61. The third-order valence-corrected chi connectivity index (χ3v) is 7.20. The number of likely N-dealkylation sites (tertiary alicyclic amines) is 1. The van der Waals surface area contributed by atoms with E-state index >= 15 is 0 Å². The second kappa shape index (κ2) is 11.0. The molecular formula is C28H39N5O. The molecule has 1 saturated heterocycles. The number of amides is 1. The number of hydrogen-bond acceptors (Lipinski definition) is 4. The molecule has 6 nitrogen and oxygen atoms in total. The molecule has 0 radical (unpaired) electrons. The molecule has 1 N–H and O–H groups in total. The molecule has 2 atom stereocenters. The van der Waals surface area contributed by atoms with Crippen molar-refractivity contribution in [3.05, 3.63) is 65.6 Å². The smallest absolute Gasteiger partial charge is 0.221 e. The maximum atomic E-state index is 13.1. The maximum Gasteiger partial charge on any atom is 0.221 e. The van der Waals surface area contributed by atoms with Gasteiger partial charge in [-0.3, -0.25) is 4.79 Å². The molecule has 0 saturated carbocycles. The van der Waals surface area contributed by atoms with Crippen LogP contribution in [-0.2, 0) is 4.79 Å². The van der Waals surface area contributed by atoms with E-state index in [1.807, 2.05) is 32.6 Å². The number of fused-ring (bicyclic) bond motifs is 1. The number of carbonyl (C=O) groups excluding carboxylic acids is 1. The minimum Gasteiger partial charge on any atom is -0.378 e. The highest BCUT2D eigenvalue weighted by Crippen LogP contribution is 2.30. The molecule has 3 aromatic rings. The van der Waals surface area contributed by atoms with Gasteiger partial charge in [-0.2, -0.15) is 0 Å². The lowest BCUT2D eigenvalue weighted by Crippen LogP contribution is -2.39. The zero-order valence-corrected chi connectivity index (χ0v) is 21.1. The number of aromatic nitrogens is 2. The van der Waals surface area contributed by atoms with Crippen LogP contribution in [-0.4, -0.2) is 60.0 Å². The van der Waals surface area contributed by atoms with Crippen LogP contribution in [0.2, 0.25) is 0 Å². The number of pyridine rings is 1. The summed E-state index contributed by atoms with van der Waals surface area (Å²) in [6.45, 7) is 7.36. The molecule has 1 amide bonds. The van der Waals surface area contributed by atoms with E-state index in [4.69, 9.17) is 0 Å². The second-order valence-electron chi connectivity index (χ2n) is 9.89. The summed E-state index contributed by atoms with van der Waals surface area (Å²) >= 11 is 0. The Morgan fingerprint density at radius 3 is 2.74 bits per heavy atom. The van der Waals surface area contributed by atoms with Crippen LogP contribution in [0, 0.1) is 6.92 Å². The quantitative estimate of drug-likeness (QED) is 0.473. The first-order valence-corrected chi connectivity index (χ1v) is 12.6. The molecule has 1 aliphatic heterocycles. The zero-order chi connectivity index (χ0) is 24.1. The molecule has 0 aliphatic carbocycles. The largest absolute Gasteiger partial charge is 0.378 e. The van der Waals surface area contributed by atoms with Gasteiger partial charge in [-0.1, -0.05) is 24.6 Å². The van der Waals surface area contributed by atoms with Gasteiger partial charge in [0.05, 0.1) is 5.69 Å². The molecule has 34 heavy (non-hydrogen) atoms. The Bertz CT molecular complexity index is 1090. The van der Waals surface area contributed by atoms with Crippen molar-refractivity contribution in [1.29, 1.82) is 0 Å². The summed E-state index contributed by atoms with van der Waals surface area (Å²) in [7, 11) is 4.08. The van der Waals surface area contributed by atoms with E-state index in [1.165, 1.54) is 25.8 Å². The van der Waals surface area contributed by atoms with E-state index in [0.29, 0.717) is 12.5 Å². The lowest BCUT2D eigenvalue weighted by molar-refractivity contribution is -0.121. The van der Waals surface area contributed by atoms with Crippen molar-refractivity contribution in [3.63, 3.8) is 0 Å². The minimum atomic E-state index is -0.0601. The Hall–Kier alpha value is -2.86. The summed E-state index contributed by atoms with van der Waals surface area (Å²) in [5.41, 5.74) is 5.41. The number of anilines is 1. The van der Waals surface area contributed by atoms with Gasteiger partial charge in [0.1, 0.15) is 5.65 Å². The first kappa shape index (κ1) is 24.3. The van der Waals surface area contributed by atoms with Crippen molar-refractivity contribution in [2.24, 2.45) is 0 Å². The number of benzene rings is 1. The fourth-order valence-electron chi connectivity index (χ4n) is 5.08. The average molecular weight is 462 g/mol. The van der Waals surface area contributed by atoms with E-state index in [0.717, 1.165) is 47.7 Å². The molecule has 0 bridgehead atoms. The number of imidazole rings is 1. The Morgan fingerprint density at radius 2 is 2.00 bits per heavy atom. The summed E-state index contributed by atoms with van der Waals surface area (Å²) in [4.78, 5) is 22.4. The van der Waals surface area contributed by atoms with Gasteiger partial charge >= 0.3 is 0 Å². The Kier molecular flexibility index (Phi) is 7.88. The Balaban J connectivity index is 1.46. The van der Waals surface area contributed by atoms with Crippen molar-refractivity contribution >= 4 is 17.2 Å². The summed E-state index contributed by atoms with van der Waals surface area (Å²) in [5.74, 6) is 0.0334. The normalized spacial score (nSPS) is 17.6. The summed E-state index contributed by atoms with van der Waals surface area (Å²) in [6.07, 6.45) is 9.30. The highest BCUT2D eigenvalue weighted by atomic mass is 16.1. The van der Waals surface area contributed by atoms with E-state index in [2.05, 4.69) is 68.7 Å². The minimum absolute atomic E-state index is 0.0601. The fourth-order valence-corrected chi connectivity index (χ4v) is 5.08. The highest BCUT2D eigenvalue weighted by Gasteiger charge is 2.23. The monoisotopic (exact) mass is 461 g/mol. The molecule has 0 spiro atoms. The fraction of sp³-hybridized carbons (Fsp3) is 0.500. The van der Waals surface area contributed by atoms with E-state index in [9.17, 15) is 4.79 Å². The van der Waals surface area contributed by atoms with Gasteiger partial charge < -0.3 is 19.5 Å². The van der Waals surface area contributed by atoms with Gasteiger partial charge in [0, 0.05) is 63.6 Å². The number of nitrogens with zero attached hydrogens (tertiary/aromatic N) is 4. The van der Waals surface area contributed by atoms with E-state index in [-0.39, 0.29) is 11.8 Å². The van der Waals surface area contributed by atoms with E-state index < -0.39 is 0 Å². The number of aryl methyl sites for hydroxylation is 1. The van der Waals surface area contributed by atoms with Crippen molar-refractivity contribution in [3.8, 4) is 0 Å². The molecule has 4 rings (SSSR count). The molecule has 1 fully saturated rings. The predicted octanol–water partition coefficient (Wildman–Crippen LogP) is 4.61. The molecule has 2 aromatic heterocycles. The summed E-state index contributed by atoms with van der Waals surface area (Å²) < 4.78 is 2.13. The first-order valence-electron chi connectivity index (χ1n) is 12.6. The van der Waals surface area contributed by atoms with Gasteiger partial charge in [0.2, 0.25) is 5.91 Å². The SMILES string of the molecule is Cc1cccn2c(C(CC(=O)NCCCN3CCCCC3C)c3ccc(N(C)C)cc3)cnc12. The molecule has 1 aromatic carbocycles. The van der Waals surface area contributed by atoms with Crippen molar-refractivity contribution < 1.29 is 4.79 Å². The Morgan fingerprint density at radius 1 is 1.21 bits per heavy atom. The van der Waals surface area contributed by atoms with Crippen LogP contribution in [0.3, 0.4) is 0 Å². The number of rotatable bonds is 9. The van der Waals surface area contributed by atoms with Crippen LogP contribution < -0.4 is 10.2 Å². The van der Waals surface area contributed by atoms with Crippen molar-refractivity contribution in [1.82, 2.24) is 19.6 Å². The lowest BCUT2D eigenvalue weighted by atomic mass is 9.92. The topological polar surface area (TPSA) is 52.9 Å². The molecule has 1 aliphatic rings. The van der Waals surface area contributed by atoms with Crippen LogP contribution in [0.5, 0.6) is 0 Å². The lowest BCUT2D eigenvalue weighted by Gasteiger charge is -2.33. The number of carbonyl (C=O) groups is 1. The molecule has 182 valence electrons.